The van der Waals surface area contributed by atoms with Gasteiger partial charge in [0.25, 0.3) is 5.91 Å². The Morgan fingerprint density at radius 1 is 1.15 bits per heavy atom. The second-order valence-electron chi connectivity index (χ2n) is 6.54. The number of methoxy groups -OCH3 is 1. The largest absolute Gasteiger partial charge is 0.503 e. The van der Waals surface area contributed by atoms with Gasteiger partial charge in [-0.15, -0.1) is 0 Å². The topological polar surface area (TPSA) is 66.8 Å². The SMILES string of the molecule is CCC(=O)C1=C(O)C(=O)N(Cc2ccccc2OC)C1c1ccccc1C. The summed E-state index contributed by atoms with van der Waals surface area (Å²) in [5.74, 6) is -0.559. The molecular formula is C22H23NO4. The molecule has 0 bridgehead atoms. The lowest BCUT2D eigenvalue weighted by atomic mass is 9.92. The van der Waals surface area contributed by atoms with E-state index in [2.05, 4.69) is 0 Å². The molecule has 0 saturated carbocycles. The van der Waals surface area contributed by atoms with Crippen molar-refractivity contribution in [1.82, 2.24) is 4.90 Å². The third kappa shape index (κ3) is 3.33. The number of para-hydroxylation sites is 1. The Kier molecular flexibility index (Phi) is 5.31. The van der Waals surface area contributed by atoms with Crippen molar-refractivity contribution in [1.29, 1.82) is 0 Å². The van der Waals surface area contributed by atoms with Crippen LogP contribution in [0.1, 0.15) is 36.1 Å². The minimum atomic E-state index is -0.615. The molecule has 1 unspecified atom stereocenters. The lowest BCUT2D eigenvalue weighted by molar-refractivity contribution is -0.130. The van der Waals surface area contributed by atoms with Gasteiger partial charge in [0.2, 0.25) is 0 Å². The quantitative estimate of drug-likeness (QED) is 0.844. The van der Waals surface area contributed by atoms with E-state index in [4.69, 9.17) is 4.74 Å². The predicted molar refractivity (Wildman–Crippen MR) is 102 cm³/mol. The fourth-order valence-electron chi connectivity index (χ4n) is 3.53. The number of aryl methyl sites for hydroxylation is 1. The Morgan fingerprint density at radius 2 is 1.81 bits per heavy atom. The average Bonchev–Trinajstić information content (AvgIpc) is 2.93. The van der Waals surface area contributed by atoms with E-state index in [1.54, 1.807) is 18.9 Å². The number of ether oxygens (including phenoxy) is 1. The van der Waals surface area contributed by atoms with Crippen molar-refractivity contribution in [2.45, 2.75) is 32.9 Å². The number of ketones is 1. The van der Waals surface area contributed by atoms with Crippen LogP contribution in [0.4, 0.5) is 0 Å². The van der Waals surface area contributed by atoms with Crippen molar-refractivity contribution in [3.8, 4) is 5.75 Å². The molecule has 3 rings (SSSR count). The summed E-state index contributed by atoms with van der Waals surface area (Å²) in [4.78, 5) is 27.0. The molecule has 1 aliphatic rings. The molecule has 2 aromatic carbocycles. The summed E-state index contributed by atoms with van der Waals surface area (Å²) in [5, 5.41) is 10.5. The first-order chi connectivity index (χ1) is 13.0. The number of hydrogen-bond acceptors (Lipinski definition) is 4. The van der Waals surface area contributed by atoms with Gasteiger partial charge in [-0.05, 0) is 24.1 Å². The highest BCUT2D eigenvalue weighted by molar-refractivity contribution is 6.08. The van der Waals surface area contributed by atoms with Gasteiger partial charge in [-0.1, -0.05) is 49.4 Å². The molecule has 0 saturated heterocycles. The molecule has 1 heterocycles. The van der Waals surface area contributed by atoms with Gasteiger partial charge in [0.1, 0.15) is 5.75 Å². The lowest BCUT2D eigenvalue weighted by Gasteiger charge is -2.28. The van der Waals surface area contributed by atoms with Gasteiger partial charge in [-0.25, -0.2) is 0 Å². The molecule has 5 nitrogen and oxygen atoms in total. The first-order valence-corrected chi connectivity index (χ1v) is 8.94. The van der Waals surface area contributed by atoms with Crippen molar-refractivity contribution in [3.63, 3.8) is 0 Å². The second-order valence-corrected chi connectivity index (χ2v) is 6.54. The number of amides is 1. The smallest absolute Gasteiger partial charge is 0.290 e. The van der Waals surface area contributed by atoms with Gasteiger partial charge >= 0.3 is 0 Å². The predicted octanol–water partition coefficient (Wildman–Crippen LogP) is 3.88. The van der Waals surface area contributed by atoms with E-state index in [-0.39, 0.29) is 24.3 Å². The van der Waals surface area contributed by atoms with Crippen LogP contribution in [0.15, 0.2) is 59.9 Å². The van der Waals surface area contributed by atoms with Crippen LogP contribution in [0.3, 0.4) is 0 Å². The van der Waals surface area contributed by atoms with E-state index in [0.717, 1.165) is 16.7 Å². The molecule has 5 heteroatoms. The maximum Gasteiger partial charge on any atom is 0.290 e. The summed E-state index contributed by atoms with van der Waals surface area (Å²) in [7, 11) is 1.57. The van der Waals surface area contributed by atoms with E-state index >= 15 is 0 Å². The molecule has 0 radical (unpaired) electrons. The molecule has 1 N–H and O–H groups in total. The van der Waals surface area contributed by atoms with Crippen molar-refractivity contribution >= 4 is 11.7 Å². The van der Waals surface area contributed by atoms with Crippen LogP contribution in [0.25, 0.3) is 0 Å². The number of carbonyl (C=O) groups excluding carboxylic acids is 2. The number of Topliss-reactive ketones (excluding diaryl/α,β-unsaturated/α-hetero) is 1. The molecular weight excluding hydrogens is 342 g/mol. The van der Waals surface area contributed by atoms with Crippen LogP contribution in [0.2, 0.25) is 0 Å². The number of hydrogen-bond donors (Lipinski definition) is 1. The van der Waals surface area contributed by atoms with Gasteiger partial charge in [0.15, 0.2) is 11.5 Å². The Balaban J connectivity index is 2.10. The van der Waals surface area contributed by atoms with E-state index < -0.39 is 17.7 Å². The Bertz CT molecular complexity index is 916. The molecule has 1 atom stereocenters. The Morgan fingerprint density at radius 3 is 2.48 bits per heavy atom. The van der Waals surface area contributed by atoms with Gasteiger partial charge < -0.3 is 14.7 Å². The monoisotopic (exact) mass is 365 g/mol. The molecule has 1 aliphatic heterocycles. The zero-order chi connectivity index (χ0) is 19.6. The summed E-state index contributed by atoms with van der Waals surface area (Å²) < 4.78 is 5.40. The molecule has 0 fully saturated rings. The second kappa shape index (κ2) is 7.66. The molecule has 2 aromatic rings. The number of rotatable bonds is 6. The molecule has 140 valence electrons. The maximum absolute atomic E-state index is 12.9. The van der Waals surface area contributed by atoms with Crippen molar-refractivity contribution in [2.75, 3.05) is 7.11 Å². The normalized spacial score (nSPS) is 16.8. The summed E-state index contributed by atoms with van der Waals surface area (Å²) in [6, 6.07) is 14.4. The summed E-state index contributed by atoms with van der Waals surface area (Å²) in [5.41, 5.74) is 2.77. The zero-order valence-electron chi connectivity index (χ0n) is 15.7. The highest BCUT2D eigenvalue weighted by Gasteiger charge is 2.43. The van der Waals surface area contributed by atoms with Crippen molar-refractivity contribution in [3.05, 3.63) is 76.6 Å². The van der Waals surface area contributed by atoms with Crippen LogP contribution in [-0.2, 0) is 16.1 Å². The van der Waals surface area contributed by atoms with E-state index in [1.165, 1.54) is 0 Å². The summed E-state index contributed by atoms with van der Waals surface area (Å²) in [6.45, 7) is 3.89. The van der Waals surface area contributed by atoms with Crippen LogP contribution >= 0.6 is 0 Å². The first-order valence-electron chi connectivity index (χ1n) is 8.94. The molecule has 0 spiro atoms. The summed E-state index contributed by atoms with van der Waals surface area (Å²) >= 11 is 0. The van der Waals surface area contributed by atoms with Gasteiger partial charge in [-0.3, -0.25) is 9.59 Å². The maximum atomic E-state index is 12.9. The van der Waals surface area contributed by atoms with E-state index in [9.17, 15) is 14.7 Å². The van der Waals surface area contributed by atoms with Crippen LogP contribution in [0.5, 0.6) is 5.75 Å². The number of carbonyl (C=O) groups is 2. The minimum Gasteiger partial charge on any atom is -0.503 e. The fourth-order valence-corrected chi connectivity index (χ4v) is 3.53. The van der Waals surface area contributed by atoms with Crippen LogP contribution in [-0.4, -0.2) is 28.8 Å². The highest BCUT2D eigenvalue weighted by atomic mass is 16.5. The molecule has 1 amide bonds. The van der Waals surface area contributed by atoms with Gasteiger partial charge in [0.05, 0.1) is 25.3 Å². The highest BCUT2D eigenvalue weighted by Crippen LogP contribution is 2.40. The van der Waals surface area contributed by atoms with Crippen LogP contribution < -0.4 is 4.74 Å². The third-order valence-corrected chi connectivity index (χ3v) is 4.94. The Labute approximate surface area is 158 Å². The van der Waals surface area contributed by atoms with Crippen molar-refractivity contribution in [2.24, 2.45) is 0 Å². The number of benzene rings is 2. The average molecular weight is 365 g/mol. The molecule has 0 aromatic heterocycles. The third-order valence-electron chi connectivity index (χ3n) is 4.94. The van der Waals surface area contributed by atoms with Gasteiger partial charge in [0, 0.05) is 12.0 Å². The number of aliphatic hydroxyl groups excluding tert-OH is 1. The van der Waals surface area contributed by atoms with Crippen LogP contribution in [0, 0.1) is 6.92 Å². The summed E-state index contributed by atoms with van der Waals surface area (Å²) in [6.07, 6.45) is 0.220. The van der Waals surface area contributed by atoms with E-state index in [0.29, 0.717) is 5.75 Å². The van der Waals surface area contributed by atoms with Crippen molar-refractivity contribution < 1.29 is 19.4 Å². The number of aliphatic hydroxyl groups is 1. The zero-order valence-corrected chi connectivity index (χ0v) is 15.7. The first kappa shape index (κ1) is 18.7. The van der Waals surface area contributed by atoms with E-state index in [1.807, 2.05) is 55.5 Å². The molecule has 0 aliphatic carbocycles. The minimum absolute atomic E-state index is 0.173. The molecule has 27 heavy (non-hydrogen) atoms. The standard InChI is InChI=1S/C22H23NO4/c1-4-17(24)19-20(16-11-7-5-9-14(16)2)23(22(26)21(19)25)13-15-10-6-8-12-18(15)27-3/h5-12,20,25H,4,13H2,1-3H3. The lowest BCUT2D eigenvalue weighted by Crippen LogP contribution is -2.31. The Hall–Kier alpha value is -3.08. The number of nitrogens with zero attached hydrogens (tertiary/aromatic N) is 1. The van der Waals surface area contributed by atoms with Gasteiger partial charge in [-0.2, -0.15) is 0 Å². The fraction of sp³-hybridized carbons (Fsp3) is 0.273.